The van der Waals surface area contributed by atoms with E-state index in [4.69, 9.17) is 5.11 Å². The van der Waals surface area contributed by atoms with Crippen molar-refractivity contribution < 1.29 is 30.0 Å². The van der Waals surface area contributed by atoms with Crippen LogP contribution in [0.2, 0.25) is 0 Å². The molecule has 0 saturated heterocycles. The number of carboxylic acid groups (broad SMARTS) is 1. The molecule has 0 bridgehead atoms. The number of hydrogen-bond acceptors (Lipinski definition) is 5. The Morgan fingerprint density at radius 3 is 2.32 bits per heavy atom. The van der Waals surface area contributed by atoms with Crippen LogP contribution in [0.25, 0.3) is 0 Å². The summed E-state index contributed by atoms with van der Waals surface area (Å²) in [6.45, 7) is 5.73. The van der Waals surface area contributed by atoms with Gasteiger partial charge in [0.25, 0.3) is 0 Å². The molecule has 0 radical (unpaired) electrons. The first-order chi connectivity index (χ1) is 13.2. The summed E-state index contributed by atoms with van der Waals surface area (Å²) in [4.78, 5) is 21.8. The van der Waals surface area contributed by atoms with Gasteiger partial charge in [-0.1, -0.05) is 30.2 Å². The highest BCUT2D eigenvalue weighted by Crippen LogP contribution is 2.37. The summed E-state index contributed by atoms with van der Waals surface area (Å²) >= 11 is 0. The summed E-state index contributed by atoms with van der Waals surface area (Å²) in [5.74, 6) is -2.43. The highest BCUT2D eigenvalue weighted by molar-refractivity contribution is 5.86. The van der Waals surface area contributed by atoms with Gasteiger partial charge in [0.1, 0.15) is 11.3 Å². The van der Waals surface area contributed by atoms with Crippen molar-refractivity contribution in [1.29, 1.82) is 0 Å². The molecule has 0 aliphatic heterocycles. The second-order valence-electron chi connectivity index (χ2n) is 7.26. The SMILES string of the molecule is C/C(=C\Cc1cc(O)c(O)c(C=O)c1O)CC/C=C(\C)CCCC(C)C(=O)O. The Morgan fingerprint density at radius 2 is 1.71 bits per heavy atom. The van der Waals surface area contributed by atoms with Gasteiger partial charge in [-0.15, -0.1) is 0 Å². The Hall–Kier alpha value is -2.76. The predicted octanol–water partition coefficient (Wildman–Crippen LogP) is 4.72. The summed E-state index contributed by atoms with van der Waals surface area (Å²) in [5.41, 5.74) is 2.40. The highest BCUT2D eigenvalue weighted by atomic mass is 16.4. The van der Waals surface area contributed by atoms with Crippen LogP contribution in [-0.2, 0) is 11.2 Å². The van der Waals surface area contributed by atoms with Crippen LogP contribution in [0.15, 0.2) is 29.4 Å². The van der Waals surface area contributed by atoms with Gasteiger partial charge in [0.2, 0.25) is 0 Å². The van der Waals surface area contributed by atoms with Crippen molar-refractivity contribution in [3.05, 3.63) is 40.5 Å². The van der Waals surface area contributed by atoms with Crippen molar-refractivity contribution in [2.24, 2.45) is 5.92 Å². The van der Waals surface area contributed by atoms with Gasteiger partial charge in [-0.3, -0.25) is 9.59 Å². The number of allylic oxidation sites excluding steroid dienone is 4. The predicted molar refractivity (Wildman–Crippen MR) is 108 cm³/mol. The number of hydrogen-bond donors (Lipinski definition) is 4. The molecule has 0 aromatic heterocycles. The van der Waals surface area contributed by atoms with E-state index < -0.39 is 17.5 Å². The molecule has 0 aliphatic carbocycles. The molecule has 1 unspecified atom stereocenters. The second kappa shape index (κ2) is 11.2. The Labute approximate surface area is 165 Å². The zero-order valence-electron chi connectivity index (χ0n) is 16.7. The molecule has 0 spiro atoms. The van der Waals surface area contributed by atoms with E-state index in [-0.39, 0.29) is 17.2 Å². The first-order valence-corrected chi connectivity index (χ1v) is 9.43. The highest BCUT2D eigenvalue weighted by Gasteiger charge is 2.15. The maximum absolute atomic E-state index is 11.0. The summed E-state index contributed by atoms with van der Waals surface area (Å²) in [6, 6.07) is 1.25. The molecule has 6 heteroatoms. The van der Waals surface area contributed by atoms with E-state index in [2.05, 4.69) is 6.08 Å². The van der Waals surface area contributed by atoms with Gasteiger partial charge in [-0.05, 0) is 58.4 Å². The third kappa shape index (κ3) is 7.10. The molecule has 1 rings (SSSR count). The lowest BCUT2D eigenvalue weighted by Crippen LogP contribution is -2.08. The van der Waals surface area contributed by atoms with E-state index in [0.29, 0.717) is 24.7 Å². The van der Waals surface area contributed by atoms with Gasteiger partial charge in [-0.2, -0.15) is 0 Å². The van der Waals surface area contributed by atoms with Crippen molar-refractivity contribution in [1.82, 2.24) is 0 Å². The number of aldehydes is 1. The van der Waals surface area contributed by atoms with E-state index in [1.807, 2.05) is 19.9 Å². The van der Waals surface area contributed by atoms with Crippen molar-refractivity contribution in [2.45, 2.75) is 59.3 Å². The van der Waals surface area contributed by atoms with E-state index in [1.54, 1.807) is 6.92 Å². The summed E-state index contributed by atoms with van der Waals surface area (Å²) in [7, 11) is 0. The largest absolute Gasteiger partial charge is 0.507 e. The number of carboxylic acids is 1. The number of aliphatic carboxylic acids is 1. The third-order valence-corrected chi connectivity index (χ3v) is 4.82. The lowest BCUT2D eigenvalue weighted by atomic mass is 10.00. The van der Waals surface area contributed by atoms with Crippen molar-refractivity contribution in [2.75, 3.05) is 0 Å². The zero-order chi connectivity index (χ0) is 21.3. The van der Waals surface area contributed by atoms with Gasteiger partial charge in [0, 0.05) is 5.56 Å². The molecule has 1 aromatic carbocycles. The summed E-state index contributed by atoms with van der Waals surface area (Å²) < 4.78 is 0. The molecule has 0 heterocycles. The Balaban J connectivity index is 2.55. The van der Waals surface area contributed by atoms with Crippen LogP contribution >= 0.6 is 0 Å². The van der Waals surface area contributed by atoms with E-state index in [0.717, 1.165) is 31.3 Å². The van der Waals surface area contributed by atoms with Crippen LogP contribution in [0.1, 0.15) is 68.8 Å². The maximum atomic E-state index is 11.0. The Bertz CT molecular complexity index is 761. The minimum Gasteiger partial charge on any atom is -0.507 e. The van der Waals surface area contributed by atoms with Gasteiger partial charge in [0.15, 0.2) is 17.8 Å². The van der Waals surface area contributed by atoms with Crippen LogP contribution in [0.5, 0.6) is 17.2 Å². The van der Waals surface area contributed by atoms with E-state index >= 15 is 0 Å². The van der Waals surface area contributed by atoms with E-state index in [1.165, 1.54) is 11.6 Å². The number of carbonyl (C=O) groups excluding carboxylic acids is 1. The molecule has 1 atom stereocenters. The fraction of sp³-hybridized carbons (Fsp3) is 0.455. The fourth-order valence-corrected chi connectivity index (χ4v) is 2.84. The van der Waals surface area contributed by atoms with Gasteiger partial charge < -0.3 is 20.4 Å². The zero-order valence-corrected chi connectivity index (χ0v) is 16.7. The van der Waals surface area contributed by atoms with E-state index in [9.17, 15) is 24.9 Å². The molecule has 0 amide bonds. The number of benzene rings is 1. The quantitative estimate of drug-likeness (QED) is 0.188. The minimum atomic E-state index is -0.754. The molecule has 0 saturated carbocycles. The average molecular weight is 390 g/mol. The molecule has 28 heavy (non-hydrogen) atoms. The van der Waals surface area contributed by atoms with Crippen LogP contribution in [0.3, 0.4) is 0 Å². The van der Waals surface area contributed by atoms with Gasteiger partial charge in [-0.25, -0.2) is 0 Å². The Morgan fingerprint density at radius 1 is 1.07 bits per heavy atom. The normalized spacial score (nSPS) is 13.4. The maximum Gasteiger partial charge on any atom is 0.306 e. The van der Waals surface area contributed by atoms with Crippen molar-refractivity contribution in [3.8, 4) is 17.2 Å². The van der Waals surface area contributed by atoms with Crippen LogP contribution in [0.4, 0.5) is 0 Å². The first-order valence-electron chi connectivity index (χ1n) is 9.43. The van der Waals surface area contributed by atoms with Crippen LogP contribution in [0, 0.1) is 5.92 Å². The number of phenols is 3. The van der Waals surface area contributed by atoms with Crippen molar-refractivity contribution in [3.63, 3.8) is 0 Å². The first kappa shape index (κ1) is 23.3. The molecular weight excluding hydrogens is 360 g/mol. The molecule has 4 N–H and O–H groups in total. The van der Waals surface area contributed by atoms with Crippen LogP contribution < -0.4 is 0 Å². The number of aromatic hydroxyl groups is 3. The monoisotopic (exact) mass is 390 g/mol. The molecule has 0 aliphatic rings. The second-order valence-corrected chi connectivity index (χ2v) is 7.26. The third-order valence-electron chi connectivity index (χ3n) is 4.82. The van der Waals surface area contributed by atoms with Crippen molar-refractivity contribution >= 4 is 12.3 Å². The standard InChI is InChI=1S/C22H30O6/c1-14(8-5-9-16(3)22(27)28)6-4-7-15(2)10-11-17-12-19(24)21(26)18(13-23)20(17)25/h6,10,12-13,16,24-26H,4-5,7-9,11H2,1-3H3,(H,27,28)/b14-6+,15-10+. The fourth-order valence-electron chi connectivity index (χ4n) is 2.84. The van der Waals surface area contributed by atoms with Crippen LogP contribution in [-0.4, -0.2) is 32.7 Å². The molecule has 6 nitrogen and oxygen atoms in total. The molecule has 1 aromatic rings. The smallest absolute Gasteiger partial charge is 0.306 e. The topological polar surface area (TPSA) is 115 Å². The number of phenolic OH excluding ortho intramolecular Hbond substituents is 3. The lowest BCUT2D eigenvalue weighted by Gasteiger charge is -2.09. The molecule has 0 fully saturated rings. The molecule has 154 valence electrons. The average Bonchev–Trinajstić information content (AvgIpc) is 2.64. The lowest BCUT2D eigenvalue weighted by molar-refractivity contribution is -0.141. The summed E-state index contributed by atoms with van der Waals surface area (Å²) in [6.07, 6.45) is 8.81. The van der Waals surface area contributed by atoms with Gasteiger partial charge in [0.05, 0.1) is 5.92 Å². The minimum absolute atomic E-state index is 0.308. The molecular formula is C22H30O6. The Kier molecular flexibility index (Phi) is 9.28. The van der Waals surface area contributed by atoms with Gasteiger partial charge >= 0.3 is 5.97 Å². The summed E-state index contributed by atoms with van der Waals surface area (Å²) in [5, 5.41) is 38.1. The number of carbonyl (C=O) groups is 2. The number of rotatable bonds is 11.